The third-order valence-electron chi connectivity index (χ3n) is 11.1. The molecule has 3 saturated carbocycles. The first-order chi connectivity index (χ1) is 17.2. The summed E-state index contributed by atoms with van der Waals surface area (Å²) in [6.07, 6.45) is 15.9. The molecular weight excluding hydrogens is 448 g/mol. The lowest BCUT2D eigenvalue weighted by Gasteiger charge is -2.59. The average molecular weight is 503 g/mol. The first-order valence-corrected chi connectivity index (χ1v) is 15.1. The normalized spacial score (nSPS) is 38.0. The van der Waals surface area contributed by atoms with Crippen LogP contribution in [0.4, 0.5) is 0 Å². The summed E-state index contributed by atoms with van der Waals surface area (Å²) in [5.41, 5.74) is 2.42. The summed E-state index contributed by atoms with van der Waals surface area (Å²) in [5.74, 6) is 1.98. The molecule has 0 bridgehead atoms. The molecule has 4 rings (SSSR count). The molecule has 0 amide bonds. The third-order valence-corrected chi connectivity index (χ3v) is 11.1. The highest BCUT2D eigenvalue weighted by atomic mass is 16.5. The highest BCUT2D eigenvalue weighted by Crippen LogP contribution is 2.68. The molecule has 0 heterocycles. The Morgan fingerprint density at radius 3 is 2.39 bits per heavy atom. The van der Waals surface area contributed by atoms with Gasteiger partial charge < -0.3 is 9.47 Å². The predicted molar refractivity (Wildman–Crippen MR) is 147 cm³/mol. The number of rotatable bonds is 8. The molecule has 4 nitrogen and oxygen atoms in total. The van der Waals surface area contributed by atoms with Crippen LogP contribution in [0.25, 0.3) is 0 Å². The van der Waals surface area contributed by atoms with Crippen LogP contribution >= 0.6 is 0 Å². The van der Waals surface area contributed by atoms with Gasteiger partial charge in [-0.3, -0.25) is 9.59 Å². The van der Waals surface area contributed by atoms with E-state index in [9.17, 15) is 9.59 Å². The Morgan fingerprint density at radius 1 is 1.06 bits per heavy atom. The van der Waals surface area contributed by atoms with E-state index in [0.29, 0.717) is 29.3 Å². The number of allylic oxidation sites excluding steroid dienone is 1. The fourth-order valence-electron chi connectivity index (χ4n) is 9.20. The minimum Gasteiger partial charge on any atom is -0.468 e. The largest absolute Gasteiger partial charge is 0.468 e. The van der Waals surface area contributed by atoms with Crippen molar-refractivity contribution >= 4 is 11.8 Å². The van der Waals surface area contributed by atoms with E-state index in [4.69, 9.17) is 9.47 Å². The minimum absolute atomic E-state index is 0.0418. The molecule has 8 atom stereocenters. The summed E-state index contributed by atoms with van der Waals surface area (Å²) in [6, 6.07) is 0. The van der Waals surface area contributed by atoms with Crippen LogP contribution in [0.2, 0.25) is 0 Å². The Labute approximate surface area is 221 Å². The number of ether oxygens (including phenoxy) is 2. The quantitative estimate of drug-likeness (QED) is 0.193. The summed E-state index contributed by atoms with van der Waals surface area (Å²) in [7, 11) is 3.28. The van der Waals surface area contributed by atoms with Crippen molar-refractivity contribution in [3.63, 3.8) is 0 Å². The van der Waals surface area contributed by atoms with E-state index in [1.165, 1.54) is 58.5 Å². The molecule has 0 N–H and O–H groups in total. The predicted octanol–water partition coefficient (Wildman–Crippen LogP) is 7.79. The lowest BCUT2D eigenvalue weighted by Crippen LogP contribution is -2.51. The van der Waals surface area contributed by atoms with Crippen LogP contribution < -0.4 is 0 Å². The summed E-state index contributed by atoms with van der Waals surface area (Å²) in [4.78, 5) is 25.2. The van der Waals surface area contributed by atoms with E-state index in [-0.39, 0.29) is 17.7 Å². The molecule has 0 aromatic rings. The number of hydrogen-bond donors (Lipinski definition) is 0. The van der Waals surface area contributed by atoms with Crippen LogP contribution in [-0.4, -0.2) is 32.1 Å². The Hall–Kier alpha value is -1.16. The number of Topliss-reactive ketones (excluding diaryl/α,β-unsaturated/α-hetero) is 1. The second-order valence-corrected chi connectivity index (χ2v) is 12.5. The van der Waals surface area contributed by atoms with Gasteiger partial charge in [-0.15, -0.1) is 0 Å². The van der Waals surface area contributed by atoms with Gasteiger partial charge >= 0.3 is 5.97 Å². The average Bonchev–Trinajstić information content (AvgIpc) is 3.28. The fourth-order valence-corrected chi connectivity index (χ4v) is 9.20. The third kappa shape index (κ3) is 5.09. The van der Waals surface area contributed by atoms with Gasteiger partial charge in [0.1, 0.15) is 11.7 Å². The maximum atomic E-state index is 12.8. The van der Waals surface area contributed by atoms with E-state index in [0.717, 1.165) is 30.6 Å². The van der Waals surface area contributed by atoms with Crippen molar-refractivity contribution in [1.29, 1.82) is 0 Å². The molecule has 0 aliphatic heterocycles. The number of fused-ring (bicyclic) bond motifs is 5. The van der Waals surface area contributed by atoms with Crippen molar-refractivity contribution in [1.82, 2.24) is 0 Å². The van der Waals surface area contributed by atoms with Gasteiger partial charge in [-0.05, 0) is 105 Å². The standard InChI is InChI=1S/C30H48O4.C2H6/c1-7-30-17-15-25-23(11-9-21-18-22(33-5)14-16-29(21,25)4)26(30)13-10-20(30)8-12-24(28(32)34-6)27(31)19(2)3;1-2/h9,19-20,22-26H,7-8,10-18H2,1-6H3;1-2H3/t20?,22-,23?,24?,25?,26?,29?,30?;/m0./s1. The highest BCUT2D eigenvalue weighted by molar-refractivity contribution is 5.99. The number of ketones is 1. The van der Waals surface area contributed by atoms with E-state index >= 15 is 0 Å². The second-order valence-electron chi connectivity index (χ2n) is 12.5. The Morgan fingerprint density at radius 2 is 1.78 bits per heavy atom. The minimum atomic E-state index is -0.593. The van der Waals surface area contributed by atoms with Crippen LogP contribution in [0.5, 0.6) is 0 Å². The molecule has 3 fully saturated rings. The van der Waals surface area contributed by atoms with Crippen molar-refractivity contribution in [3.8, 4) is 0 Å². The van der Waals surface area contributed by atoms with E-state index < -0.39 is 5.92 Å². The number of esters is 1. The first-order valence-electron chi connectivity index (χ1n) is 15.1. The molecule has 4 aliphatic carbocycles. The molecule has 0 aromatic heterocycles. The van der Waals surface area contributed by atoms with Gasteiger partial charge in [0, 0.05) is 13.0 Å². The van der Waals surface area contributed by atoms with Gasteiger partial charge in [-0.25, -0.2) is 0 Å². The molecule has 206 valence electrons. The molecule has 0 spiro atoms. The zero-order valence-electron chi connectivity index (χ0n) is 24.5. The van der Waals surface area contributed by atoms with Crippen molar-refractivity contribution in [2.45, 2.75) is 118 Å². The van der Waals surface area contributed by atoms with Crippen molar-refractivity contribution < 1.29 is 19.1 Å². The number of carbonyl (C=O) groups is 2. The zero-order valence-corrected chi connectivity index (χ0v) is 24.5. The zero-order chi connectivity index (χ0) is 26.7. The number of carbonyl (C=O) groups excluding carboxylic acids is 2. The Bertz CT molecular complexity index is 800. The van der Waals surface area contributed by atoms with Gasteiger partial charge in [0.15, 0.2) is 0 Å². The van der Waals surface area contributed by atoms with Crippen LogP contribution in [0.15, 0.2) is 11.6 Å². The maximum Gasteiger partial charge on any atom is 0.316 e. The smallest absolute Gasteiger partial charge is 0.316 e. The molecule has 0 saturated heterocycles. The van der Waals surface area contributed by atoms with Crippen molar-refractivity contribution in [2.75, 3.05) is 14.2 Å². The molecule has 4 aliphatic rings. The van der Waals surface area contributed by atoms with Gasteiger partial charge in [0.05, 0.1) is 13.2 Å². The molecular formula is C32H54O4. The molecule has 7 unspecified atom stereocenters. The van der Waals surface area contributed by atoms with Crippen molar-refractivity contribution in [3.05, 3.63) is 11.6 Å². The Kier molecular flexibility index (Phi) is 9.91. The topological polar surface area (TPSA) is 52.6 Å². The fraction of sp³-hybridized carbons (Fsp3) is 0.875. The highest BCUT2D eigenvalue weighted by Gasteiger charge is 2.59. The Balaban J connectivity index is 0.00000176. The first kappa shape index (κ1) is 29.4. The second kappa shape index (κ2) is 12.1. The molecule has 4 heteroatoms. The maximum absolute atomic E-state index is 12.8. The van der Waals surface area contributed by atoms with E-state index in [1.807, 2.05) is 34.8 Å². The monoisotopic (exact) mass is 502 g/mol. The van der Waals surface area contributed by atoms with Crippen LogP contribution in [0, 0.1) is 46.3 Å². The van der Waals surface area contributed by atoms with Gasteiger partial charge in [0.2, 0.25) is 0 Å². The van der Waals surface area contributed by atoms with Crippen molar-refractivity contribution in [2.24, 2.45) is 46.3 Å². The van der Waals surface area contributed by atoms with Gasteiger partial charge in [-0.1, -0.05) is 53.2 Å². The summed E-state index contributed by atoms with van der Waals surface area (Å²) >= 11 is 0. The van der Waals surface area contributed by atoms with Crippen LogP contribution in [0.3, 0.4) is 0 Å². The molecule has 36 heavy (non-hydrogen) atoms. The summed E-state index contributed by atoms with van der Waals surface area (Å²) in [6.45, 7) is 12.7. The summed E-state index contributed by atoms with van der Waals surface area (Å²) < 4.78 is 10.8. The SMILES string of the molecule is CC.CCC12CCC3C(CC=C4C[C@@H](OC)CCC43C)C1CCC2CCC(C(=O)OC)C(=O)C(C)C. The molecule has 0 radical (unpaired) electrons. The molecule has 0 aromatic carbocycles. The summed E-state index contributed by atoms with van der Waals surface area (Å²) in [5, 5.41) is 0. The van der Waals surface area contributed by atoms with Crippen LogP contribution in [0.1, 0.15) is 112 Å². The number of methoxy groups -OCH3 is 2. The van der Waals surface area contributed by atoms with E-state index in [1.54, 1.807) is 5.57 Å². The van der Waals surface area contributed by atoms with E-state index in [2.05, 4.69) is 19.9 Å². The van der Waals surface area contributed by atoms with Crippen LogP contribution in [-0.2, 0) is 19.1 Å². The van der Waals surface area contributed by atoms with Gasteiger partial charge in [-0.2, -0.15) is 0 Å². The number of hydrogen-bond acceptors (Lipinski definition) is 4. The lowest BCUT2D eigenvalue weighted by molar-refractivity contribution is -0.151. The lowest BCUT2D eigenvalue weighted by atomic mass is 9.46. The van der Waals surface area contributed by atoms with Gasteiger partial charge in [0.25, 0.3) is 0 Å².